The minimum Gasteiger partial charge on any atom is -0.437 e. The lowest BCUT2D eigenvalue weighted by molar-refractivity contribution is -0.126. The predicted octanol–water partition coefficient (Wildman–Crippen LogP) is 4.71. The van der Waals surface area contributed by atoms with Gasteiger partial charge in [0.15, 0.2) is 5.58 Å². The number of hydrogen-bond acceptors (Lipinski definition) is 3. The molecule has 0 spiro atoms. The quantitative estimate of drug-likeness (QED) is 0.646. The van der Waals surface area contributed by atoms with E-state index in [0.29, 0.717) is 16.5 Å². The van der Waals surface area contributed by atoms with Gasteiger partial charge in [-0.2, -0.15) is 0 Å². The number of benzene rings is 2. The number of likely N-dealkylation sites (N-methyl/N-ethyl adjacent to an activating group) is 1. The van der Waals surface area contributed by atoms with Gasteiger partial charge in [-0.15, -0.1) is 0 Å². The van der Waals surface area contributed by atoms with Gasteiger partial charge in [0.1, 0.15) is 5.52 Å². The fourth-order valence-electron chi connectivity index (χ4n) is 2.38. The van der Waals surface area contributed by atoms with Crippen molar-refractivity contribution < 1.29 is 9.21 Å². The zero-order valence-corrected chi connectivity index (χ0v) is 14.2. The van der Waals surface area contributed by atoms with E-state index in [2.05, 4.69) is 4.98 Å². The Morgan fingerprint density at radius 2 is 1.92 bits per heavy atom. The van der Waals surface area contributed by atoms with E-state index in [1.54, 1.807) is 18.0 Å². The van der Waals surface area contributed by atoms with Crippen molar-refractivity contribution >= 4 is 34.7 Å². The van der Waals surface area contributed by atoms with Crippen LogP contribution in [0.1, 0.15) is 24.4 Å². The van der Waals surface area contributed by atoms with Gasteiger partial charge in [-0.1, -0.05) is 35.9 Å². The van der Waals surface area contributed by atoms with Crippen LogP contribution in [0.25, 0.3) is 17.2 Å². The Morgan fingerprint density at radius 3 is 2.62 bits per heavy atom. The first-order valence-corrected chi connectivity index (χ1v) is 7.98. The van der Waals surface area contributed by atoms with E-state index in [9.17, 15) is 4.79 Å². The van der Waals surface area contributed by atoms with Crippen LogP contribution >= 0.6 is 11.6 Å². The second-order valence-corrected chi connectivity index (χ2v) is 5.97. The van der Waals surface area contributed by atoms with Crippen molar-refractivity contribution in [1.82, 2.24) is 9.88 Å². The number of nitrogens with zero attached hydrogens (tertiary/aromatic N) is 2. The molecule has 5 heteroatoms. The van der Waals surface area contributed by atoms with Gasteiger partial charge in [0.2, 0.25) is 11.8 Å². The third kappa shape index (κ3) is 3.49. The van der Waals surface area contributed by atoms with Gasteiger partial charge in [0, 0.05) is 24.2 Å². The molecule has 0 saturated heterocycles. The third-order valence-corrected chi connectivity index (χ3v) is 4.21. The van der Waals surface area contributed by atoms with Gasteiger partial charge in [-0.3, -0.25) is 4.79 Å². The van der Waals surface area contributed by atoms with Crippen molar-refractivity contribution in [1.29, 1.82) is 0 Å². The largest absolute Gasteiger partial charge is 0.437 e. The molecule has 1 unspecified atom stereocenters. The van der Waals surface area contributed by atoms with Gasteiger partial charge in [0.25, 0.3) is 0 Å². The molecule has 1 atom stereocenters. The van der Waals surface area contributed by atoms with Crippen LogP contribution in [-0.2, 0) is 4.79 Å². The van der Waals surface area contributed by atoms with Gasteiger partial charge in [-0.05, 0) is 36.8 Å². The molecule has 0 bridgehead atoms. The van der Waals surface area contributed by atoms with E-state index >= 15 is 0 Å². The summed E-state index contributed by atoms with van der Waals surface area (Å²) in [5.74, 6) is 0.289. The number of rotatable bonds is 4. The van der Waals surface area contributed by atoms with Crippen LogP contribution in [0, 0.1) is 0 Å². The molecule has 0 aliphatic heterocycles. The van der Waals surface area contributed by atoms with Crippen LogP contribution in [0.3, 0.4) is 0 Å². The van der Waals surface area contributed by atoms with Gasteiger partial charge < -0.3 is 9.32 Å². The molecule has 0 aliphatic rings. The Kier molecular flexibility index (Phi) is 4.67. The Hall–Kier alpha value is -2.59. The van der Waals surface area contributed by atoms with Gasteiger partial charge >= 0.3 is 0 Å². The first-order valence-electron chi connectivity index (χ1n) is 7.60. The molecule has 0 saturated carbocycles. The zero-order chi connectivity index (χ0) is 17.1. The van der Waals surface area contributed by atoms with Crippen molar-refractivity contribution in [2.75, 3.05) is 7.05 Å². The average Bonchev–Trinajstić information content (AvgIpc) is 3.02. The maximum atomic E-state index is 12.4. The Balaban J connectivity index is 1.72. The van der Waals surface area contributed by atoms with Crippen molar-refractivity contribution in [3.63, 3.8) is 0 Å². The molecule has 1 heterocycles. The highest BCUT2D eigenvalue weighted by Gasteiger charge is 2.15. The lowest BCUT2D eigenvalue weighted by Gasteiger charge is -2.24. The summed E-state index contributed by atoms with van der Waals surface area (Å²) >= 11 is 5.90. The summed E-state index contributed by atoms with van der Waals surface area (Å²) in [6, 6.07) is 14.9. The molecule has 122 valence electrons. The average molecular weight is 341 g/mol. The summed E-state index contributed by atoms with van der Waals surface area (Å²) < 4.78 is 5.57. The first-order chi connectivity index (χ1) is 11.5. The summed E-state index contributed by atoms with van der Waals surface area (Å²) in [5.41, 5.74) is 2.49. The van der Waals surface area contributed by atoms with E-state index < -0.39 is 0 Å². The number of carbonyl (C=O) groups excluding carboxylic acids is 1. The fraction of sp³-hybridized carbons (Fsp3) is 0.158. The third-order valence-electron chi connectivity index (χ3n) is 3.96. The minimum atomic E-state index is -0.125. The Bertz CT molecular complexity index is 851. The van der Waals surface area contributed by atoms with Crippen LogP contribution in [-0.4, -0.2) is 22.8 Å². The molecule has 4 nitrogen and oxygen atoms in total. The summed E-state index contributed by atoms with van der Waals surface area (Å²) in [6.07, 6.45) is 3.06. The number of aromatic nitrogens is 1. The second kappa shape index (κ2) is 6.89. The number of para-hydroxylation sites is 2. The van der Waals surface area contributed by atoms with E-state index in [-0.39, 0.29) is 11.9 Å². The predicted molar refractivity (Wildman–Crippen MR) is 95.7 cm³/mol. The number of amides is 1. The van der Waals surface area contributed by atoms with E-state index in [1.165, 1.54) is 6.08 Å². The molecule has 24 heavy (non-hydrogen) atoms. The number of carbonyl (C=O) groups is 1. The highest BCUT2D eigenvalue weighted by molar-refractivity contribution is 6.30. The van der Waals surface area contributed by atoms with E-state index in [4.69, 9.17) is 16.0 Å². The number of hydrogen-bond donors (Lipinski definition) is 0. The molecule has 1 amide bonds. The summed E-state index contributed by atoms with van der Waals surface area (Å²) in [7, 11) is 1.76. The number of fused-ring (bicyclic) bond motifs is 1. The van der Waals surface area contributed by atoms with E-state index in [0.717, 1.165) is 11.1 Å². The Labute approximate surface area is 145 Å². The molecule has 1 aromatic heterocycles. The molecule has 0 N–H and O–H groups in total. The molecule has 2 aromatic carbocycles. The van der Waals surface area contributed by atoms with E-state index in [1.807, 2.05) is 55.5 Å². The first kappa shape index (κ1) is 16.3. The van der Waals surface area contributed by atoms with Crippen molar-refractivity contribution in [3.8, 4) is 0 Å². The van der Waals surface area contributed by atoms with Crippen molar-refractivity contribution in [2.45, 2.75) is 13.0 Å². The maximum Gasteiger partial charge on any atom is 0.246 e. The maximum absolute atomic E-state index is 12.4. The lowest BCUT2D eigenvalue weighted by Crippen LogP contribution is -2.27. The summed E-state index contributed by atoms with van der Waals surface area (Å²) in [5, 5.41) is 0.677. The molecule has 0 fully saturated rings. The summed E-state index contributed by atoms with van der Waals surface area (Å²) in [4.78, 5) is 18.3. The number of halogens is 1. The van der Waals surface area contributed by atoms with Crippen molar-refractivity contribution in [3.05, 3.63) is 71.1 Å². The number of oxazole rings is 1. The normalized spacial score (nSPS) is 12.6. The molecule has 0 aliphatic carbocycles. The monoisotopic (exact) mass is 340 g/mol. The highest BCUT2D eigenvalue weighted by Crippen LogP contribution is 2.21. The highest BCUT2D eigenvalue weighted by atomic mass is 35.5. The molecule has 3 rings (SSSR count). The van der Waals surface area contributed by atoms with Crippen LogP contribution in [0.2, 0.25) is 5.02 Å². The molecular formula is C19H17ClN2O2. The zero-order valence-electron chi connectivity index (χ0n) is 13.4. The SMILES string of the molecule is CC(c1ccc(Cl)cc1)N(C)C(=O)/C=C/c1nc2ccccc2o1. The second-order valence-electron chi connectivity index (χ2n) is 5.53. The summed E-state index contributed by atoms with van der Waals surface area (Å²) in [6.45, 7) is 1.97. The Morgan fingerprint density at radius 1 is 1.21 bits per heavy atom. The fourth-order valence-corrected chi connectivity index (χ4v) is 2.50. The van der Waals surface area contributed by atoms with Gasteiger partial charge in [0.05, 0.1) is 6.04 Å². The van der Waals surface area contributed by atoms with Crippen LogP contribution < -0.4 is 0 Å². The lowest BCUT2D eigenvalue weighted by atomic mass is 10.1. The van der Waals surface area contributed by atoms with Crippen LogP contribution in [0.15, 0.2) is 59.0 Å². The van der Waals surface area contributed by atoms with Gasteiger partial charge in [-0.25, -0.2) is 4.98 Å². The van der Waals surface area contributed by atoms with Crippen molar-refractivity contribution in [2.24, 2.45) is 0 Å². The molecule has 3 aromatic rings. The van der Waals surface area contributed by atoms with Crippen LogP contribution in [0.5, 0.6) is 0 Å². The van der Waals surface area contributed by atoms with Crippen LogP contribution in [0.4, 0.5) is 0 Å². The topological polar surface area (TPSA) is 46.3 Å². The minimum absolute atomic E-state index is 0.0666. The molecule has 0 radical (unpaired) electrons. The smallest absolute Gasteiger partial charge is 0.246 e. The standard InChI is InChI=1S/C19H17ClN2O2/c1-13(14-7-9-15(20)10-8-14)22(2)19(23)12-11-18-21-16-5-3-4-6-17(16)24-18/h3-13H,1-2H3/b12-11+. The molecular weight excluding hydrogens is 324 g/mol.